The maximum absolute atomic E-state index is 9.71. The molecule has 0 bridgehead atoms. The standard InChI is InChI=1S/C12H22N2O2S/c1-8(2)6-17-7-11-13-12(16-14-11)5-10(15)9(3)4/h8-10,15H,5-7H2,1-4H3. The molecule has 5 heteroatoms. The van der Waals surface area contributed by atoms with E-state index in [1.165, 1.54) is 0 Å². The average Bonchev–Trinajstić information content (AvgIpc) is 2.65. The Morgan fingerprint density at radius 2 is 2.00 bits per heavy atom. The van der Waals surface area contributed by atoms with Gasteiger partial charge in [-0.2, -0.15) is 16.7 Å². The van der Waals surface area contributed by atoms with Crippen molar-refractivity contribution in [3.8, 4) is 0 Å². The van der Waals surface area contributed by atoms with E-state index in [2.05, 4.69) is 24.0 Å². The van der Waals surface area contributed by atoms with Crippen LogP contribution in [0.2, 0.25) is 0 Å². The first-order valence-electron chi connectivity index (χ1n) is 6.06. The summed E-state index contributed by atoms with van der Waals surface area (Å²) in [5, 5.41) is 13.6. The van der Waals surface area contributed by atoms with Gasteiger partial charge in [0.15, 0.2) is 5.82 Å². The van der Waals surface area contributed by atoms with E-state index in [1.807, 2.05) is 13.8 Å². The van der Waals surface area contributed by atoms with Crippen molar-refractivity contribution in [2.75, 3.05) is 5.75 Å². The van der Waals surface area contributed by atoms with Gasteiger partial charge in [0.05, 0.1) is 18.3 Å². The van der Waals surface area contributed by atoms with Crippen LogP contribution in [0.5, 0.6) is 0 Å². The van der Waals surface area contributed by atoms with Gasteiger partial charge in [-0.25, -0.2) is 0 Å². The molecule has 1 N–H and O–H groups in total. The molecule has 0 aliphatic heterocycles. The van der Waals surface area contributed by atoms with Crippen LogP contribution in [0, 0.1) is 11.8 Å². The van der Waals surface area contributed by atoms with Gasteiger partial charge < -0.3 is 9.63 Å². The molecule has 0 spiro atoms. The first-order valence-corrected chi connectivity index (χ1v) is 7.21. The maximum Gasteiger partial charge on any atom is 0.229 e. The predicted octanol–water partition coefficient (Wildman–Crippen LogP) is 2.52. The van der Waals surface area contributed by atoms with E-state index in [0.29, 0.717) is 18.2 Å². The van der Waals surface area contributed by atoms with Crippen LogP contribution in [0.3, 0.4) is 0 Å². The summed E-state index contributed by atoms with van der Waals surface area (Å²) in [5.74, 6) is 4.01. The Kier molecular flexibility index (Phi) is 5.98. The number of nitrogens with zero attached hydrogens (tertiary/aromatic N) is 2. The molecule has 1 aromatic heterocycles. The fourth-order valence-electron chi connectivity index (χ4n) is 1.23. The van der Waals surface area contributed by atoms with Crippen LogP contribution < -0.4 is 0 Å². The zero-order chi connectivity index (χ0) is 12.8. The van der Waals surface area contributed by atoms with Crippen LogP contribution in [0.15, 0.2) is 4.52 Å². The van der Waals surface area contributed by atoms with Gasteiger partial charge >= 0.3 is 0 Å². The van der Waals surface area contributed by atoms with Crippen LogP contribution in [-0.4, -0.2) is 27.1 Å². The molecule has 0 aliphatic rings. The molecule has 98 valence electrons. The van der Waals surface area contributed by atoms with Crippen molar-refractivity contribution >= 4 is 11.8 Å². The van der Waals surface area contributed by atoms with Crippen molar-refractivity contribution < 1.29 is 9.63 Å². The second kappa shape index (κ2) is 7.01. The van der Waals surface area contributed by atoms with Crippen molar-refractivity contribution in [1.82, 2.24) is 10.1 Å². The SMILES string of the molecule is CC(C)CSCc1noc(CC(O)C(C)C)n1. The summed E-state index contributed by atoms with van der Waals surface area (Å²) in [5.41, 5.74) is 0. The van der Waals surface area contributed by atoms with E-state index in [1.54, 1.807) is 11.8 Å². The number of thioether (sulfide) groups is 1. The summed E-state index contributed by atoms with van der Waals surface area (Å²) in [6.07, 6.45) is 0.0334. The monoisotopic (exact) mass is 258 g/mol. The predicted molar refractivity (Wildman–Crippen MR) is 69.8 cm³/mol. The van der Waals surface area contributed by atoms with Crippen molar-refractivity contribution in [2.24, 2.45) is 11.8 Å². The molecule has 0 aliphatic carbocycles. The molecule has 0 radical (unpaired) electrons. The molecular formula is C12H22N2O2S. The van der Waals surface area contributed by atoms with Crippen LogP contribution in [0.25, 0.3) is 0 Å². The Labute approximate surface area is 107 Å². The number of aromatic nitrogens is 2. The van der Waals surface area contributed by atoms with Crippen molar-refractivity contribution in [3.05, 3.63) is 11.7 Å². The largest absolute Gasteiger partial charge is 0.392 e. The van der Waals surface area contributed by atoms with Crippen LogP contribution in [0.4, 0.5) is 0 Å². The van der Waals surface area contributed by atoms with E-state index in [0.717, 1.165) is 17.3 Å². The lowest BCUT2D eigenvalue weighted by molar-refractivity contribution is 0.116. The van der Waals surface area contributed by atoms with Crippen LogP contribution in [-0.2, 0) is 12.2 Å². The molecule has 1 atom stereocenters. The molecule has 17 heavy (non-hydrogen) atoms. The smallest absolute Gasteiger partial charge is 0.229 e. The van der Waals surface area contributed by atoms with Gasteiger partial charge in [0, 0.05) is 0 Å². The highest BCUT2D eigenvalue weighted by atomic mass is 32.2. The first-order chi connectivity index (χ1) is 7.99. The van der Waals surface area contributed by atoms with Crippen molar-refractivity contribution in [2.45, 2.75) is 46.0 Å². The van der Waals surface area contributed by atoms with E-state index in [-0.39, 0.29) is 5.92 Å². The fourth-order valence-corrected chi connectivity index (χ4v) is 2.12. The summed E-state index contributed by atoms with van der Waals surface area (Å²) in [6, 6.07) is 0. The molecule has 1 aromatic rings. The Hall–Kier alpha value is -0.550. The summed E-state index contributed by atoms with van der Waals surface area (Å²) in [6.45, 7) is 8.32. The van der Waals surface area contributed by atoms with Gasteiger partial charge in [-0.1, -0.05) is 32.9 Å². The Morgan fingerprint density at radius 1 is 1.29 bits per heavy atom. The minimum atomic E-state index is -0.411. The third-order valence-corrected chi connectivity index (χ3v) is 3.71. The quantitative estimate of drug-likeness (QED) is 0.814. The normalized spacial score (nSPS) is 13.6. The highest BCUT2D eigenvalue weighted by Gasteiger charge is 2.15. The Balaban J connectivity index is 2.37. The van der Waals surface area contributed by atoms with Crippen molar-refractivity contribution in [3.63, 3.8) is 0 Å². The lowest BCUT2D eigenvalue weighted by Gasteiger charge is -2.10. The van der Waals surface area contributed by atoms with Gasteiger partial charge in [0.2, 0.25) is 5.89 Å². The topological polar surface area (TPSA) is 59.2 Å². The molecule has 1 unspecified atom stereocenters. The maximum atomic E-state index is 9.71. The molecule has 0 fully saturated rings. The number of aliphatic hydroxyl groups excluding tert-OH is 1. The number of hydrogen-bond donors (Lipinski definition) is 1. The summed E-state index contributed by atoms with van der Waals surface area (Å²) in [4.78, 5) is 4.27. The highest BCUT2D eigenvalue weighted by Crippen LogP contribution is 2.14. The van der Waals surface area contributed by atoms with Gasteiger partial charge in [0.25, 0.3) is 0 Å². The Morgan fingerprint density at radius 3 is 2.59 bits per heavy atom. The lowest BCUT2D eigenvalue weighted by Crippen LogP contribution is -2.17. The van der Waals surface area contributed by atoms with E-state index >= 15 is 0 Å². The summed E-state index contributed by atoms with van der Waals surface area (Å²) < 4.78 is 5.11. The van der Waals surface area contributed by atoms with Gasteiger partial charge in [0.1, 0.15) is 0 Å². The molecule has 1 heterocycles. The molecule has 0 amide bonds. The summed E-state index contributed by atoms with van der Waals surface area (Å²) >= 11 is 1.81. The molecule has 0 aromatic carbocycles. The number of aliphatic hydroxyl groups is 1. The van der Waals surface area contributed by atoms with Crippen molar-refractivity contribution in [1.29, 1.82) is 0 Å². The third kappa shape index (κ3) is 5.55. The Bertz CT molecular complexity index is 326. The molecular weight excluding hydrogens is 236 g/mol. The molecule has 1 rings (SSSR count). The number of hydrogen-bond acceptors (Lipinski definition) is 5. The second-order valence-electron chi connectivity index (χ2n) is 5.03. The second-order valence-corrected chi connectivity index (χ2v) is 6.06. The number of rotatable bonds is 7. The minimum absolute atomic E-state index is 0.209. The zero-order valence-corrected chi connectivity index (χ0v) is 11.8. The van der Waals surface area contributed by atoms with Crippen LogP contribution in [0.1, 0.15) is 39.4 Å². The minimum Gasteiger partial charge on any atom is -0.392 e. The van der Waals surface area contributed by atoms with Gasteiger partial charge in [-0.3, -0.25) is 0 Å². The first kappa shape index (κ1) is 14.5. The lowest BCUT2D eigenvalue weighted by atomic mass is 10.0. The average molecular weight is 258 g/mol. The van der Waals surface area contributed by atoms with E-state index in [4.69, 9.17) is 4.52 Å². The third-order valence-electron chi connectivity index (χ3n) is 2.35. The highest BCUT2D eigenvalue weighted by molar-refractivity contribution is 7.98. The molecule has 0 saturated heterocycles. The van der Waals surface area contributed by atoms with Gasteiger partial charge in [-0.05, 0) is 17.6 Å². The molecule has 4 nitrogen and oxygen atoms in total. The van der Waals surface area contributed by atoms with Crippen LogP contribution >= 0.6 is 11.8 Å². The summed E-state index contributed by atoms with van der Waals surface area (Å²) in [7, 11) is 0. The van der Waals surface area contributed by atoms with Gasteiger partial charge in [-0.15, -0.1) is 0 Å². The fraction of sp³-hybridized carbons (Fsp3) is 0.833. The van der Waals surface area contributed by atoms with E-state index in [9.17, 15) is 5.11 Å². The molecule has 0 saturated carbocycles. The van der Waals surface area contributed by atoms with E-state index < -0.39 is 6.10 Å². The zero-order valence-electron chi connectivity index (χ0n) is 11.0.